The molecule has 8 heteroatoms. The van der Waals surface area contributed by atoms with Crippen LogP contribution in [0.25, 0.3) is 10.8 Å². The summed E-state index contributed by atoms with van der Waals surface area (Å²) < 4.78 is 27.5. The van der Waals surface area contributed by atoms with E-state index in [0.29, 0.717) is 10.8 Å². The first kappa shape index (κ1) is 21.3. The highest BCUT2D eigenvalue weighted by molar-refractivity contribution is 7.92. The van der Waals surface area contributed by atoms with Crippen LogP contribution in [0, 0.1) is 6.92 Å². The van der Waals surface area contributed by atoms with Crippen molar-refractivity contribution >= 4 is 38.4 Å². The van der Waals surface area contributed by atoms with Gasteiger partial charge in [-0.3, -0.25) is 13.9 Å². The van der Waals surface area contributed by atoms with Crippen LogP contribution in [-0.4, -0.2) is 37.1 Å². The summed E-state index contributed by atoms with van der Waals surface area (Å²) in [5.74, 6) is -2.22. The summed E-state index contributed by atoms with van der Waals surface area (Å²) in [6, 6.07) is 16.4. The molecule has 0 bridgehead atoms. The molecule has 0 fully saturated rings. The number of anilines is 1. The average Bonchev–Trinajstić information content (AvgIpc) is 2.70. The summed E-state index contributed by atoms with van der Waals surface area (Å²) in [6.07, 6.45) is 0.212. The number of nitrogens with zero attached hydrogens (tertiary/aromatic N) is 1. The number of hydrogen-bond donors (Lipinski definition) is 2. The second kappa shape index (κ2) is 8.54. The lowest BCUT2D eigenvalue weighted by Gasteiger charge is -2.25. The summed E-state index contributed by atoms with van der Waals surface area (Å²) in [4.78, 5) is 22.5. The van der Waals surface area contributed by atoms with Crippen molar-refractivity contribution in [2.45, 2.75) is 24.7 Å². The van der Waals surface area contributed by atoms with E-state index in [2.05, 4.69) is 0 Å². The highest BCUT2D eigenvalue weighted by Gasteiger charge is 2.28. The maximum Gasteiger partial charge on any atom is 0.324 e. The van der Waals surface area contributed by atoms with E-state index >= 15 is 0 Å². The molecular weight excluding hydrogens is 406 g/mol. The Labute approximate surface area is 174 Å². The van der Waals surface area contributed by atoms with Crippen molar-refractivity contribution in [2.75, 3.05) is 10.8 Å². The molecule has 0 saturated carbocycles. The van der Waals surface area contributed by atoms with Crippen molar-refractivity contribution in [1.82, 2.24) is 0 Å². The number of sulfonamides is 1. The quantitative estimate of drug-likeness (QED) is 0.569. The number of rotatable bonds is 8. The van der Waals surface area contributed by atoms with Crippen LogP contribution in [-0.2, 0) is 26.0 Å². The first-order chi connectivity index (χ1) is 14.2. The van der Waals surface area contributed by atoms with Crippen LogP contribution in [0.5, 0.6) is 0 Å². The van der Waals surface area contributed by atoms with Gasteiger partial charge in [0.25, 0.3) is 10.0 Å². The Morgan fingerprint density at radius 2 is 1.50 bits per heavy atom. The van der Waals surface area contributed by atoms with Gasteiger partial charge in [-0.1, -0.05) is 48.0 Å². The van der Waals surface area contributed by atoms with Crippen molar-refractivity contribution in [1.29, 1.82) is 0 Å². The van der Waals surface area contributed by atoms with E-state index in [0.717, 1.165) is 15.4 Å². The van der Waals surface area contributed by atoms with E-state index in [1.165, 1.54) is 18.2 Å². The van der Waals surface area contributed by atoms with Crippen molar-refractivity contribution in [2.24, 2.45) is 0 Å². The Morgan fingerprint density at radius 1 is 0.867 bits per heavy atom. The number of benzene rings is 3. The van der Waals surface area contributed by atoms with Crippen LogP contribution >= 0.6 is 0 Å². The Morgan fingerprint density at radius 3 is 2.10 bits per heavy atom. The van der Waals surface area contributed by atoms with Crippen molar-refractivity contribution in [3.8, 4) is 0 Å². The highest BCUT2D eigenvalue weighted by atomic mass is 32.2. The third-order valence-corrected chi connectivity index (χ3v) is 6.53. The van der Waals surface area contributed by atoms with Crippen molar-refractivity contribution in [3.05, 3.63) is 71.8 Å². The third-order valence-electron chi connectivity index (χ3n) is 4.76. The fourth-order valence-electron chi connectivity index (χ4n) is 3.28. The first-order valence-electron chi connectivity index (χ1n) is 9.24. The Bertz CT molecular complexity index is 1200. The molecule has 0 aromatic heterocycles. The number of fused-ring (bicyclic) bond motifs is 1. The maximum atomic E-state index is 13.3. The SMILES string of the molecule is Cc1ccc(S(=O)(=O)N(CC(=O)O)c2ccc(CCC(=O)O)c3ccccc23)cc1. The van der Waals surface area contributed by atoms with Crippen LogP contribution in [0.15, 0.2) is 65.6 Å². The zero-order chi connectivity index (χ0) is 21.9. The van der Waals surface area contributed by atoms with Gasteiger partial charge in [0.05, 0.1) is 10.6 Å². The average molecular weight is 427 g/mol. The molecule has 0 aliphatic rings. The molecule has 0 amide bonds. The minimum Gasteiger partial charge on any atom is -0.481 e. The molecule has 0 atom stereocenters. The van der Waals surface area contributed by atoms with Crippen LogP contribution in [0.1, 0.15) is 17.5 Å². The molecule has 2 N–H and O–H groups in total. The molecule has 0 aliphatic heterocycles. The van der Waals surface area contributed by atoms with Gasteiger partial charge < -0.3 is 10.2 Å². The van der Waals surface area contributed by atoms with Crippen LogP contribution in [0.3, 0.4) is 0 Å². The van der Waals surface area contributed by atoms with Gasteiger partial charge in [0.2, 0.25) is 0 Å². The lowest BCUT2D eigenvalue weighted by Crippen LogP contribution is -2.36. The molecule has 30 heavy (non-hydrogen) atoms. The summed E-state index contributed by atoms with van der Waals surface area (Å²) in [5, 5.41) is 19.6. The monoisotopic (exact) mass is 427 g/mol. The van der Waals surface area contributed by atoms with Gasteiger partial charge in [0.15, 0.2) is 0 Å². The number of aryl methyl sites for hydroxylation is 2. The van der Waals surface area contributed by atoms with Crippen LogP contribution in [0.4, 0.5) is 5.69 Å². The van der Waals surface area contributed by atoms with Crippen LogP contribution in [0.2, 0.25) is 0 Å². The van der Waals surface area contributed by atoms with E-state index in [1.54, 1.807) is 42.5 Å². The Hall–Kier alpha value is -3.39. The summed E-state index contributed by atoms with van der Waals surface area (Å²) in [5.41, 5.74) is 1.86. The fourth-order valence-corrected chi connectivity index (χ4v) is 4.72. The smallest absolute Gasteiger partial charge is 0.324 e. The predicted molar refractivity (Wildman–Crippen MR) is 113 cm³/mol. The first-order valence-corrected chi connectivity index (χ1v) is 10.7. The topological polar surface area (TPSA) is 112 Å². The number of carboxylic acids is 2. The van der Waals surface area contributed by atoms with E-state index in [1.807, 2.05) is 6.92 Å². The lowest BCUT2D eigenvalue weighted by atomic mass is 9.99. The lowest BCUT2D eigenvalue weighted by molar-refractivity contribution is -0.137. The molecule has 0 unspecified atom stereocenters. The molecule has 156 valence electrons. The Kier molecular flexibility index (Phi) is 6.07. The third kappa shape index (κ3) is 4.44. The van der Waals surface area contributed by atoms with Gasteiger partial charge in [-0.05, 0) is 42.5 Å². The molecule has 3 rings (SSSR count). The van der Waals surface area contributed by atoms with Crippen molar-refractivity contribution < 1.29 is 28.2 Å². The minimum absolute atomic E-state index is 0.00613. The summed E-state index contributed by atoms with van der Waals surface area (Å²) in [7, 11) is -4.14. The second-order valence-electron chi connectivity index (χ2n) is 6.90. The largest absolute Gasteiger partial charge is 0.481 e. The number of hydrogen-bond acceptors (Lipinski definition) is 4. The number of carbonyl (C=O) groups is 2. The molecule has 7 nitrogen and oxygen atoms in total. The summed E-state index contributed by atoms with van der Waals surface area (Å²) in [6.45, 7) is 1.09. The maximum absolute atomic E-state index is 13.3. The zero-order valence-electron chi connectivity index (χ0n) is 16.3. The molecular formula is C22H21NO6S. The molecule has 0 spiro atoms. The minimum atomic E-state index is -4.14. The van der Waals surface area contributed by atoms with E-state index < -0.39 is 28.5 Å². The standard InChI is InChI=1S/C22H21NO6S/c1-15-6-10-17(11-7-15)30(28,29)23(14-22(26)27)20-12-8-16(9-13-21(24)25)18-4-2-3-5-19(18)20/h2-8,10-12H,9,13-14H2,1H3,(H,24,25)(H,26,27). The molecule has 0 aliphatic carbocycles. The fraction of sp³-hybridized carbons (Fsp3) is 0.182. The number of carboxylic acid groups (broad SMARTS) is 2. The second-order valence-corrected chi connectivity index (χ2v) is 8.76. The molecule has 3 aromatic rings. The van der Waals surface area contributed by atoms with Crippen LogP contribution < -0.4 is 4.31 Å². The van der Waals surface area contributed by atoms with E-state index in [9.17, 15) is 23.1 Å². The van der Waals surface area contributed by atoms with E-state index in [-0.39, 0.29) is 23.4 Å². The zero-order valence-corrected chi connectivity index (χ0v) is 17.1. The van der Waals surface area contributed by atoms with Crippen molar-refractivity contribution in [3.63, 3.8) is 0 Å². The van der Waals surface area contributed by atoms with Gasteiger partial charge in [-0.25, -0.2) is 8.42 Å². The van der Waals surface area contributed by atoms with Gasteiger partial charge in [0, 0.05) is 11.8 Å². The Balaban J connectivity index is 2.17. The molecule has 0 saturated heterocycles. The predicted octanol–water partition coefficient (Wildman–Crippen LogP) is 3.45. The van der Waals surface area contributed by atoms with Gasteiger partial charge in [-0.2, -0.15) is 0 Å². The van der Waals surface area contributed by atoms with E-state index in [4.69, 9.17) is 5.11 Å². The molecule has 3 aromatic carbocycles. The number of aliphatic carboxylic acids is 2. The normalized spacial score (nSPS) is 11.4. The van der Waals surface area contributed by atoms with Gasteiger partial charge in [-0.15, -0.1) is 0 Å². The molecule has 0 heterocycles. The van der Waals surface area contributed by atoms with Gasteiger partial charge in [0.1, 0.15) is 6.54 Å². The van der Waals surface area contributed by atoms with Gasteiger partial charge >= 0.3 is 11.9 Å². The molecule has 0 radical (unpaired) electrons. The highest BCUT2D eigenvalue weighted by Crippen LogP contribution is 2.33. The summed E-state index contributed by atoms with van der Waals surface area (Å²) >= 11 is 0.